The molecule has 0 radical (unpaired) electrons. The first-order chi connectivity index (χ1) is 15.5. The molecule has 1 heterocycles. The van der Waals surface area contributed by atoms with Crippen molar-refractivity contribution in [1.82, 2.24) is 9.88 Å². The molecule has 2 saturated carbocycles. The fraction of sp³-hybridized carbons (Fsp3) is 0.440. The van der Waals surface area contributed by atoms with Gasteiger partial charge in [-0.05, 0) is 54.9 Å². The van der Waals surface area contributed by atoms with Crippen molar-refractivity contribution in [1.29, 1.82) is 10.8 Å². The third-order valence-corrected chi connectivity index (χ3v) is 7.61. The van der Waals surface area contributed by atoms with Crippen LogP contribution >= 0.6 is 0 Å². The van der Waals surface area contributed by atoms with Crippen molar-refractivity contribution in [3.05, 3.63) is 64.9 Å². The largest absolute Gasteiger partial charge is 0.448 e. The van der Waals surface area contributed by atoms with E-state index < -0.39 is 17.0 Å². The molecule has 2 fully saturated rings. The summed E-state index contributed by atoms with van der Waals surface area (Å²) < 4.78 is 33.7. The number of amides is 1. The Morgan fingerprint density at radius 2 is 2.00 bits per heavy atom. The van der Waals surface area contributed by atoms with Crippen molar-refractivity contribution in [2.24, 2.45) is 16.7 Å². The predicted octanol–water partition coefficient (Wildman–Crippen LogP) is 5.17. The van der Waals surface area contributed by atoms with Gasteiger partial charge in [0, 0.05) is 31.1 Å². The molecule has 2 aliphatic rings. The van der Waals surface area contributed by atoms with Crippen molar-refractivity contribution < 1.29 is 18.0 Å². The maximum atomic E-state index is 14.2. The number of rotatable bonds is 6. The molecule has 8 heteroatoms. The van der Waals surface area contributed by atoms with E-state index in [1.165, 1.54) is 18.4 Å². The Kier molecular flexibility index (Phi) is 5.58. The minimum Gasteiger partial charge on any atom is -0.448 e. The van der Waals surface area contributed by atoms with E-state index in [2.05, 4.69) is 18.8 Å². The third-order valence-electron chi connectivity index (χ3n) is 7.61. The van der Waals surface area contributed by atoms with Gasteiger partial charge in [-0.3, -0.25) is 4.79 Å². The molecule has 2 bridgehead atoms. The van der Waals surface area contributed by atoms with Gasteiger partial charge in [-0.15, -0.1) is 0 Å². The van der Waals surface area contributed by atoms with Gasteiger partial charge in [0.1, 0.15) is 17.9 Å². The zero-order chi connectivity index (χ0) is 24.1. The predicted molar refractivity (Wildman–Crippen MR) is 121 cm³/mol. The van der Waals surface area contributed by atoms with Crippen LogP contribution in [0, 0.1) is 46.1 Å². The maximum absolute atomic E-state index is 14.2. The number of carbonyl (C=O) groups excluding carboxylic acids is 1. The molecular formula is C25H28F2N4O2. The zero-order valence-corrected chi connectivity index (χ0v) is 19.3. The van der Waals surface area contributed by atoms with Gasteiger partial charge in [-0.25, -0.2) is 13.8 Å². The fourth-order valence-electron chi connectivity index (χ4n) is 5.64. The molecule has 4 rings (SSSR count). The molecule has 1 aromatic heterocycles. The number of fused-ring (bicyclic) bond motifs is 2. The summed E-state index contributed by atoms with van der Waals surface area (Å²) in [7, 11) is 0. The molecule has 6 nitrogen and oxygen atoms in total. The lowest BCUT2D eigenvalue weighted by atomic mass is 9.68. The number of halogens is 2. The SMILES string of the molecule is CCN(C[C@@]12CC[C@@H](/C(=C/C(=N)c3c(F)cccc3F)C1=N)C2(C)C)C(=O)c1coc(C)n1. The molecule has 2 N–H and O–H groups in total. The summed E-state index contributed by atoms with van der Waals surface area (Å²) in [4.78, 5) is 18.9. The number of nitrogens with one attached hydrogen (secondary N) is 2. The summed E-state index contributed by atoms with van der Waals surface area (Å²) in [5, 5.41) is 17.4. The van der Waals surface area contributed by atoms with Crippen LogP contribution in [0.2, 0.25) is 0 Å². The number of hydrogen-bond donors (Lipinski definition) is 2. The summed E-state index contributed by atoms with van der Waals surface area (Å²) >= 11 is 0. The Morgan fingerprint density at radius 3 is 2.58 bits per heavy atom. The van der Waals surface area contributed by atoms with E-state index in [-0.39, 0.29) is 34.2 Å². The molecule has 1 aromatic carbocycles. The lowest BCUT2D eigenvalue weighted by Gasteiger charge is -2.41. The second-order valence-corrected chi connectivity index (χ2v) is 9.45. The summed E-state index contributed by atoms with van der Waals surface area (Å²) in [6.45, 7) is 8.48. The number of benzene rings is 1. The van der Waals surface area contributed by atoms with E-state index in [4.69, 9.17) is 15.2 Å². The van der Waals surface area contributed by atoms with E-state index >= 15 is 0 Å². The van der Waals surface area contributed by atoms with E-state index in [0.29, 0.717) is 30.3 Å². The topological polar surface area (TPSA) is 94.0 Å². The molecule has 2 atom stereocenters. The van der Waals surface area contributed by atoms with Crippen molar-refractivity contribution in [3.8, 4) is 0 Å². The van der Waals surface area contributed by atoms with Crippen LogP contribution in [-0.4, -0.2) is 40.3 Å². The van der Waals surface area contributed by atoms with E-state index in [1.807, 2.05) is 6.92 Å². The Labute approximate surface area is 191 Å². The van der Waals surface area contributed by atoms with Crippen LogP contribution in [0.1, 0.15) is 55.6 Å². The number of aromatic nitrogens is 1. The molecule has 0 aliphatic heterocycles. The van der Waals surface area contributed by atoms with Crippen LogP contribution in [0.15, 0.2) is 40.5 Å². The number of carbonyl (C=O) groups is 1. The first kappa shape index (κ1) is 23.0. The number of hydrogen-bond acceptors (Lipinski definition) is 5. The van der Waals surface area contributed by atoms with Gasteiger partial charge in [-0.1, -0.05) is 19.9 Å². The van der Waals surface area contributed by atoms with Gasteiger partial charge < -0.3 is 20.1 Å². The number of allylic oxidation sites excluding steroid dienone is 2. The monoisotopic (exact) mass is 454 g/mol. The van der Waals surface area contributed by atoms with E-state index in [1.54, 1.807) is 11.8 Å². The lowest BCUT2D eigenvalue weighted by Crippen LogP contribution is -2.48. The highest BCUT2D eigenvalue weighted by molar-refractivity contribution is 6.15. The highest BCUT2D eigenvalue weighted by Crippen LogP contribution is 2.66. The van der Waals surface area contributed by atoms with Gasteiger partial charge in [0.15, 0.2) is 11.6 Å². The summed E-state index contributed by atoms with van der Waals surface area (Å²) in [6.07, 6.45) is 4.29. The number of nitrogens with zero attached hydrogens (tertiary/aromatic N) is 2. The average Bonchev–Trinajstić information content (AvgIpc) is 3.34. The van der Waals surface area contributed by atoms with Crippen molar-refractivity contribution in [2.75, 3.05) is 13.1 Å². The molecule has 0 saturated heterocycles. The average molecular weight is 455 g/mol. The van der Waals surface area contributed by atoms with Crippen LogP contribution in [0.25, 0.3) is 0 Å². The minimum atomic E-state index is -0.800. The lowest BCUT2D eigenvalue weighted by molar-refractivity contribution is 0.0623. The molecular weight excluding hydrogens is 426 g/mol. The molecule has 0 spiro atoms. The maximum Gasteiger partial charge on any atom is 0.275 e. The normalized spacial score (nSPS) is 24.5. The van der Waals surface area contributed by atoms with Gasteiger partial charge in [-0.2, -0.15) is 0 Å². The highest BCUT2D eigenvalue weighted by Gasteiger charge is 2.65. The summed E-state index contributed by atoms with van der Waals surface area (Å²) in [5.41, 5.74) is -0.466. The first-order valence-electron chi connectivity index (χ1n) is 11.1. The number of oxazole rings is 1. The van der Waals surface area contributed by atoms with Crippen LogP contribution in [0.4, 0.5) is 8.78 Å². The fourth-order valence-corrected chi connectivity index (χ4v) is 5.64. The molecule has 33 heavy (non-hydrogen) atoms. The first-order valence-corrected chi connectivity index (χ1v) is 11.1. The van der Waals surface area contributed by atoms with Crippen molar-refractivity contribution in [2.45, 2.75) is 40.5 Å². The Bertz CT molecular complexity index is 1160. The van der Waals surface area contributed by atoms with Crippen LogP contribution < -0.4 is 0 Å². The second-order valence-electron chi connectivity index (χ2n) is 9.45. The quantitative estimate of drug-likeness (QED) is 0.590. The number of aryl methyl sites for hydroxylation is 1. The Morgan fingerprint density at radius 1 is 1.33 bits per heavy atom. The highest BCUT2D eigenvalue weighted by atomic mass is 19.1. The van der Waals surface area contributed by atoms with Gasteiger partial charge in [0.05, 0.1) is 11.3 Å². The second kappa shape index (κ2) is 8.01. The van der Waals surface area contributed by atoms with Gasteiger partial charge in [0.2, 0.25) is 0 Å². The smallest absolute Gasteiger partial charge is 0.275 e. The molecule has 0 unspecified atom stereocenters. The molecule has 174 valence electrons. The van der Waals surface area contributed by atoms with E-state index in [9.17, 15) is 13.6 Å². The van der Waals surface area contributed by atoms with E-state index in [0.717, 1.165) is 25.0 Å². The van der Waals surface area contributed by atoms with Crippen LogP contribution in [-0.2, 0) is 0 Å². The van der Waals surface area contributed by atoms with Gasteiger partial charge >= 0.3 is 0 Å². The van der Waals surface area contributed by atoms with Crippen molar-refractivity contribution >= 4 is 17.3 Å². The standard InChI is InChI=1S/C25H28F2N4O2/c1-5-31(23(32)20-12-33-14(2)30-20)13-25-10-9-16(24(25,3)4)15(22(25)29)11-19(28)21-17(26)7-6-8-18(21)27/h6-8,11-12,16,28-29H,5,9-10,13H2,1-4H3/b15-11-,28-19?,29-22?/t16-,25-/m0/s1. The minimum absolute atomic E-state index is 0.0386. The molecule has 2 aliphatic carbocycles. The zero-order valence-electron chi connectivity index (χ0n) is 19.3. The van der Waals surface area contributed by atoms with Gasteiger partial charge in [0.25, 0.3) is 5.91 Å². The molecule has 1 amide bonds. The Balaban J connectivity index is 1.68. The molecule has 2 aromatic rings. The summed E-state index contributed by atoms with van der Waals surface area (Å²) in [6, 6.07) is 3.51. The van der Waals surface area contributed by atoms with Crippen LogP contribution in [0.5, 0.6) is 0 Å². The summed E-state index contributed by atoms with van der Waals surface area (Å²) in [5.74, 6) is -1.48. The Hall–Kier alpha value is -3.16. The van der Waals surface area contributed by atoms with Crippen LogP contribution in [0.3, 0.4) is 0 Å². The van der Waals surface area contributed by atoms with Crippen molar-refractivity contribution in [3.63, 3.8) is 0 Å². The third kappa shape index (κ3) is 3.43.